The van der Waals surface area contributed by atoms with Crippen molar-refractivity contribution < 1.29 is 14.3 Å². The van der Waals surface area contributed by atoms with Crippen LogP contribution in [-0.2, 0) is 9.53 Å². The smallest absolute Gasteiger partial charge is 0.257 e. The SMILES string of the molecule is COCC1(CNC(=O)COc2ccc(Br)cc2)CCNCC1.Cl. The molecule has 0 bridgehead atoms. The second-order valence-corrected chi connectivity index (χ2v) is 6.62. The van der Waals surface area contributed by atoms with Gasteiger partial charge in [0.2, 0.25) is 0 Å². The molecule has 1 amide bonds. The summed E-state index contributed by atoms with van der Waals surface area (Å²) < 4.78 is 11.8. The highest BCUT2D eigenvalue weighted by atomic mass is 79.9. The molecule has 1 aromatic carbocycles. The maximum absolute atomic E-state index is 12.0. The zero-order valence-electron chi connectivity index (χ0n) is 13.3. The molecule has 1 saturated heterocycles. The van der Waals surface area contributed by atoms with Gasteiger partial charge in [-0.3, -0.25) is 4.79 Å². The molecule has 0 aromatic heterocycles. The predicted octanol–water partition coefficient (Wildman–Crippen LogP) is 2.38. The van der Waals surface area contributed by atoms with E-state index in [1.807, 2.05) is 24.3 Å². The molecule has 2 rings (SSSR count). The summed E-state index contributed by atoms with van der Waals surface area (Å²) in [5, 5.41) is 6.32. The van der Waals surface area contributed by atoms with Crippen molar-refractivity contribution in [2.45, 2.75) is 12.8 Å². The average Bonchev–Trinajstić information content (AvgIpc) is 2.54. The van der Waals surface area contributed by atoms with E-state index < -0.39 is 0 Å². The zero-order valence-corrected chi connectivity index (χ0v) is 15.7. The summed E-state index contributed by atoms with van der Waals surface area (Å²) in [6, 6.07) is 7.43. The highest BCUT2D eigenvalue weighted by Crippen LogP contribution is 2.28. The van der Waals surface area contributed by atoms with E-state index in [1.165, 1.54) is 0 Å². The number of nitrogens with one attached hydrogen (secondary N) is 2. The second kappa shape index (κ2) is 10.1. The van der Waals surface area contributed by atoms with Gasteiger partial charge in [0.1, 0.15) is 5.75 Å². The minimum atomic E-state index is -0.100. The highest BCUT2D eigenvalue weighted by Gasteiger charge is 2.32. The van der Waals surface area contributed by atoms with Crippen LogP contribution in [0.25, 0.3) is 0 Å². The zero-order chi connectivity index (χ0) is 15.8. The molecule has 0 radical (unpaired) electrons. The van der Waals surface area contributed by atoms with Gasteiger partial charge in [-0.15, -0.1) is 12.4 Å². The van der Waals surface area contributed by atoms with E-state index in [1.54, 1.807) is 7.11 Å². The number of halogens is 2. The van der Waals surface area contributed by atoms with Crippen molar-refractivity contribution in [1.82, 2.24) is 10.6 Å². The first-order valence-corrected chi connectivity index (χ1v) is 8.28. The predicted molar refractivity (Wildman–Crippen MR) is 96.3 cm³/mol. The third-order valence-electron chi connectivity index (χ3n) is 3.96. The Morgan fingerprint density at radius 1 is 1.30 bits per heavy atom. The van der Waals surface area contributed by atoms with E-state index in [9.17, 15) is 4.79 Å². The first-order valence-electron chi connectivity index (χ1n) is 7.48. The van der Waals surface area contributed by atoms with Crippen molar-refractivity contribution in [1.29, 1.82) is 0 Å². The van der Waals surface area contributed by atoms with Gasteiger partial charge >= 0.3 is 0 Å². The maximum Gasteiger partial charge on any atom is 0.257 e. The van der Waals surface area contributed by atoms with Crippen LogP contribution in [0.5, 0.6) is 5.75 Å². The van der Waals surface area contributed by atoms with E-state index in [-0.39, 0.29) is 30.3 Å². The molecular formula is C16H24BrClN2O3. The van der Waals surface area contributed by atoms with Crippen molar-refractivity contribution in [2.75, 3.05) is 40.0 Å². The quantitative estimate of drug-likeness (QED) is 0.728. The summed E-state index contributed by atoms with van der Waals surface area (Å²) in [5.74, 6) is 0.587. The van der Waals surface area contributed by atoms with Crippen molar-refractivity contribution in [3.8, 4) is 5.75 Å². The number of hydrogen-bond donors (Lipinski definition) is 2. The number of carbonyl (C=O) groups excluding carboxylic acids is 1. The number of methoxy groups -OCH3 is 1. The summed E-state index contributed by atoms with van der Waals surface area (Å²) in [5.41, 5.74) is 0.0350. The van der Waals surface area contributed by atoms with E-state index in [0.717, 1.165) is 30.4 Å². The molecule has 5 nitrogen and oxygen atoms in total. The Labute approximate surface area is 152 Å². The maximum atomic E-state index is 12.0. The van der Waals surface area contributed by atoms with Crippen LogP contribution >= 0.6 is 28.3 Å². The van der Waals surface area contributed by atoms with Gasteiger partial charge in [-0.1, -0.05) is 15.9 Å². The normalized spacial score (nSPS) is 16.3. The monoisotopic (exact) mass is 406 g/mol. The lowest BCUT2D eigenvalue weighted by atomic mass is 9.79. The van der Waals surface area contributed by atoms with Gasteiger partial charge < -0.3 is 20.1 Å². The van der Waals surface area contributed by atoms with E-state index >= 15 is 0 Å². The molecule has 7 heteroatoms. The van der Waals surface area contributed by atoms with Gasteiger partial charge in [-0.2, -0.15) is 0 Å². The number of amides is 1. The van der Waals surface area contributed by atoms with Gasteiger partial charge in [-0.05, 0) is 50.2 Å². The van der Waals surface area contributed by atoms with Crippen molar-refractivity contribution in [2.24, 2.45) is 5.41 Å². The van der Waals surface area contributed by atoms with Crippen molar-refractivity contribution in [3.63, 3.8) is 0 Å². The van der Waals surface area contributed by atoms with Crippen LogP contribution < -0.4 is 15.4 Å². The molecular weight excluding hydrogens is 384 g/mol. The third-order valence-corrected chi connectivity index (χ3v) is 4.49. The van der Waals surface area contributed by atoms with Crippen LogP contribution in [0.4, 0.5) is 0 Å². The molecule has 1 aliphatic rings. The lowest BCUT2D eigenvalue weighted by molar-refractivity contribution is -0.124. The molecule has 23 heavy (non-hydrogen) atoms. The van der Waals surface area contributed by atoms with E-state index in [0.29, 0.717) is 18.9 Å². The summed E-state index contributed by atoms with van der Waals surface area (Å²) in [6.07, 6.45) is 2.02. The van der Waals surface area contributed by atoms with Gasteiger partial charge in [0.25, 0.3) is 5.91 Å². The topological polar surface area (TPSA) is 59.6 Å². The van der Waals surface area contributed by atoms with E-state index in [2.05, 4.69) is 26.6 Å². The molecule has 0 unspecified atom stereocenters. The molecule has 1 aliphatic heterocycles. The number of ether oxygens (including phenoxy) is 2. The number of hydrogen-bond acceptors (Lipinski definition) is 4. The molecule has 1 heterocycles. The Kier molecular flexibility index (Phi) is 8.91. The average molecular weight is 408 g/mol. The Morgan fingerprint density at radius 2 is 1.96 bits per heavy atom. The van der Waals surface area contributed by atoms with Gasteiger partial charge in [-0.25, -0.2) is 0 Å². The fourth-order valence-electron chi connectivity index (χ4n) is 2.65. The fourth-order valence-corrected chi connectivity index (χ4v) is 2.92. The summed E-state index contributed by atoms with van der Waals surface area (Å²) in [6.45, 7) is 3.26. The van der Waals surface area contributed by atoms with Gasteiger partial charge in [0.05, 0.1) is 6.61 Å². The van der Waals surface area contributed by atoms with Gasteiger partial charge in [0, 0.05) is 23.5 Å². The molecule has 1 aromatic rings. The van der Waals surface area contributed by atoms with Crippen molar-refractivity contribution >= 4 is 34.2 Å². The Balaban J connectivity index is 0.00000264. The number of piperidine rings is 1. The van der Waals surface area contributed by atoms with Crippen LogP contribution in [0, 0.1) is 5.41 Å². The van der Waals surface area contributed by atoms with Crippen LogP contribution in [-0.4, -0.2) is 45.9 Å². The van der Waals surface area contributed by atoms with Crippen LogP contribution in [0.3, 0.4) is 0 Å². The lowest BCUT2D eigenvalue weighted by Gasteiger charge is -2.37. The lowest BCUT2D eigenvalue weighted by Crippen LogP contribution is -2.47. The largest absolute Gasteiger partial charge is 0.484 e. The Bertz CT molecular complexity index is 473. The minimum absolute atomic E-state index is 0. The first kappa shape index (κ1) is 20.2. The standard InChI is InChI=1S/C16H23BrN2O3.ClH/c1-21-12-16(6-8-18-9-7-16)11-19-15(20)10-22-14-4-2-13(17)3-5-14;/h2-5,18H,6-12H2,1H3,(H,19,20);1H. The van der Waals surface area contributed by atoms with Crippen molar-refractivity contribution in [3.05, 3.63) is 28.7 Å². The minimum Gasteiger partial charge on any atom is -0.484 e. The molecule has 2 N–H and O–H groups in total. The summed E-state index contributed by atoms with van der Waals surface area (Å²) >= 11 is 3.36. The summed E-state index contributed by atoms with van der Waals surface area (Å²) in [7, 11) is 1.71. The molecule has 0 spiro atoms. The fraction of sp³-hybridized carbons (Fsp3) is 0.562. The third kappa shape index (κ3) is 6.67. The second-order valence-electron chi connectivity index (χ2n) is 5.70. The van der Waals surface area contributed by atoms with Crippen LogP contribution in [0.15, 0.2) is 28.7 Å². The Hall–Kier alpha value is -0.820. The number of carbonyl (C=O) groups is 1. The first-order chi connectivity index (χ1) is 10.6. The summed E-state index contributed by atoms with van der Waals surface area (Å²) in [4.78, 5) is 12.0. The van der Waals surface area contributed by atoms with E-state index in [4.69, 9.17) is 9.47 Å². The Morgan fingerprint density at radius 3 is 2.57 bits per heavy atom. The molecule has 0 atom stereocenters. The number of rotatable bonds is 7. The highest BCUT2D eigenvalue weighted by molar-refractivity contribution is 9.10. The van der Waals surface area contributed by atoms with Gasteiger partial charge in [0.15, 0.2) is 6.61 Å². The number of benzene rings is 1. The van der Waals surface area contributed by atoms with Crippen LogP contribution in [0.1, 0.15) is 12.8 Å². The molecule has 0 aliphatic carbocycles. The molecule has 1 fully saturated rings. The molecule has 130 valence electrons. The molecule has 0 saturated carbocycles. The van der Waals surface area contributed by atoms with Crippen LogP contribution in [0.2, 0.25) is 0 Å².